The predicted octanol–water partition coefficient (Wildman–Crippen LogP) is 2.15. The molecule has 3 N–H and O–H groups in total. The molecule has 0 saturated carbocycles. The maximum Gasteiger partial charge on any atom is 0.338 e. The highest BCUT2D eigenvalue weighted by Gasteiger charge is 2.39. The molecular weight excluding hydrogens is 432 g/mol. The zero-order valence-corrected chi connectivity index (χ0v) is 17.8. The highest BCUT2D eigenvalue weighted by atomic mass is 32.2. The van der Waals surface area contributed by atoms with E-state index >= 15 is 0 Å². The van der Waals surface area contributed by atoms with Crippen molar-refractivity contribution in [1.82, 2.24) is 0 Å². The van der Waals surface area contributed by atoms with E-state index in [1.165, 1.54) is 4.90 Å². The molecule has 2 aliphatic heterocycles. The van der Waals surface area contributed by atoms with Gasteiger partial charge in [-0.15, -0.1) is 0 Å². The van der Waals surface area contributed by atoms with E-state index in [4.69, 9.17) is 10.5 Å². The Morgan fingerprint density at radius 3 is 2.50 bits per heavy atom. The minimum absolute atomic E-state index is 0.0743. The fraction of sp³-hybridized carbons (Fsp3) is 0.136. The average Bonchev–Trinajstić information content (AvgIpc) is 3.24. The van der Waals surface area contributed by atoms with Gasteiger partial charge in [0, 0.05) is 11.3 Å². The first-order valence-electron chi connectivity index (χ1n) is 9.68. The highest BCUT2D eigenvalue weighted by molar-refractivity contribution is 8.18. The van der Waals surface area contributed by atoms with Crippen LogP contribution in [0.25, 0.3) is 5.57 Å². The molecule has 0 bridgehead atoms. The molecule has 0 aromatic heterocycles. The lowest BCUT2D eigenvalue weighted by atomic mass is 10.1. The maximum atomic E-state index is 13.2. The summed E-state index contributed by atoms with van der Waals surface area (Å²) in [6, 6.07) is 13.1. The number of benzene rings is 2. The Hall–Kier alpha value is -3.92. The van der Waals surface area contributed by atoms with Crippen LogP contribution >= 0.6 is 11.8 Å². The number of aliphatic imine (C=N–C) groups is 1. The molecule has 32 heavy (non-hydrogen) atoms. The second-order valence-corrected chi connectivity index (χ2v) is 7.85. The van der Waals surface area contributed by atoms with Gasteiger partial charge in [-0.25, -0.2) is 4.79 Å². The van der Waals surface area contributed by atoms with E-state index in [-0.39, 0.29) is 28.8 Å². The van der Waals surface area contributed by atoms with Gasteiger partial charge in [-0.1, -0.05) is 18.2 Å². The number of para-hydroxylation sites is 1. The summed E-state index contributed by atoms with van der Waals surface area (Å²) in [4.78, 5) is 54.9. The Morgan fingerprint density at radius 2 is 1.84 bits per heavy atom. The van der Waals surface area contributed by atoms with Gasteiger partial charge >= 0.3 is 5.97 Å². The van der Waals surface area contributed by atoms with Gasteiger partial charge in [-0.3, -0.25) is 19.3 Å². The second-order valence-electron chi connectivity index (χ2n) is 6.82. The Balaban J connectivity index is 1.53. The van der Waals surface area contributed by atoms with Gasteiger partial charge < -0.3 is 15.8 Å². The van der Waals surface area contributed by atoms with Crippen LogP contribution in [0, 0.1) is 0 Å². The summed E-state index contributed by atoms with van der Waals surface area (Å²) < 4.78 is 4.93. The molecule has 0 fully saturated rings. The van der Waals surface area contributed by atoms with Crippen molar-refractivity contribution in [2.45, 2.75) is 6.92 Å². The van der Waals surface area contributed by atoms with Crippen LogP contribution in [0.5, 0.6) is 0 Å². The Kier molecular flexibility index (Phi) is 5.78. The number of hydrogen-bond acceptors (Lipinski definition) is 7. The summed E-state index contributed by atoms with van der Waals surface area (Å²) in [6.45, 7) is 1.72. The lowest BCUT2D eigenvalue weighted by molar-refractivity contribution is -0.118. The molecule has 3 amide bonds. The number of rotatable bonds is 5. The lowest BCUT2D eigenvalue weighted by Gasteiger charge is -2.17. The van der Waals surface area contributed by atoms with E-state index in [9.17, 15) is 19.2 Å². The number of nitrogens with two attached hydrogens (primary N) is 1. The number of carbonyl (C=O) groups excluding carboxylic acids is 4. The van der Waals surface area contributed by atoms with Crippen LogP contribution in [-0.2, 0) is 19.1 Å². The predicted molar refractivity (Wildman–Crippen MR) is 121 cm³/mol. The van der Waals surface area contributed by atoms with Gasteiger partial charge in [-0.2, -0.15) is 4.99 Å². The number of fused-ring (bicyclic) bond motifs is 1. The van der Waals surface area contributed by atoms with E-state index in [1.807, 2.05) is 0 Å². The normalized spacial score (nSPS) is 17.3. The molecule has 162 valence electrons. The third kappa shape index (κ3) is 4.00. The molecule has 2 aromatic rings. The van der Waals surface area contributed by atoms with Gasteiger partial charge in [0.2, 0.25) is 5.91 Å². The van der Waals surface area contributed by atoms with E-state index in [1.54, 1.807) is 55.5 Å². The molecular formula is C22H18N4O5S. The second kappa shape index (κ2) is 8.67. The molecule has 10 heteroatoms. The molecule has 2 aliphatic rings. The number of nitrogens with one attached hydrogen (secondary N) is 1. The number of anilines is 2. The smallest absolute Gasteiger partial charge is 0.338 e. The van der Waals surface area contributed by atoms with Crippen molar-refractivity contribution in [2.75, 3.05) is 23.4 Å². The third-order valence-corrected chi connectivity index (χ3v) is 5.63. The van der Waals surface area contributed by atoms with Gasteiger partial charge in [0.15, 0.2) is 5.17 Å². The number of thioether (sulfide) groups is 1. The van der Waals surface area contributed by atoms with Crippen LogP contribution in [0.15, 0.2) is 58.4 Å². The highest BCUT2D eigenvalue weighted by Crippen LogP contribution is 2.42. The topological polar surface area (TPSA) is 131 Å². The van der Waals surface area contributed by atoms with Crippen LogP contribution in [0.2, 0.25) is 0 Å². The number of esters is 1. The Morgan fingerprint density at radius 1 is 1.12 bits per heavy atom. The molecule has 2 aromatic carbocycles. The standard InChI is InChI=1S/C22H18N4O5S/c1-2-31-21(30)12-7-9-13(10-8-12)24-16(27)11-26-15-6-4-3-5-14(15)17(20(26)29)18-19(28)25-22(23)32-18/h3-10H,2,11H2,1H3,(H,24,27)(H2,23,25,28)/b18-17+. The van der Waals surface area contributed by atoms with Crippen molar-refractivity contribution in [2.24, 2.45) is 10.7 Å². The molecule has 0 atom stereocenters. The fourth-order valence-corrected chi connectivity index (χ4v) is 4.15. The summed E-state index contributed by atoms with van der Waals surface area (Å²) >= 11 is 0.941. The Bertz CT molecular complexity index is 1200. The summed E-state index contributed by atoms with van der Waals surface area (Å²) in [6.07, 6.45) is 0. The number of hydrogen-bond donors (Lipinski definition) is 2. The van der Waals surface area contributed by atoms with Crippen molar-refractivity contribution >= 4 is 57.6 Å². The van der Waals surface area contributed by atoms with Gasteiger partial charge in [0.25, 0.3) is 11.8 Å². The molecule has 0 saturated heterocycles. The van der Waals surface area contributed by atoms with Crippen molar-refractivity contribution in [3.8, 4) is 0 Å². The number of amides is 3. The molecule has 0 aliphatic carbocycles. The van der Waals surface area contributed by atoms with Crippen LogP contribution in [-0.4, -0.2) is 42.0 Å². The average molecular weight is 450 g/mol. The first kappa shape index (κ1) is 21.3. The molecule has 0 radical (unpaired) electrons. The Labute approximate surface area is 187 Å². The van der Waals surface area contributed by atoms with Crippen molar-refractivity contribution < 1.29 is 23.9 Å². The molecule has 0 spiro atoms. The molecule has 9 nitrogen and oxygen atoms in total. The zero-order chi connectivity index (χ0) is 22.8. The van der Waals surface area contributed by atoms with Gasteiger partial charge in [0.1, 0.15) is 6.54 Å². The zero-order valence-electron chi connectivity index (χ0n) is 17.0. The van der Waals surface area contributed by atoms with Crippen molar-refractivity contribution in [3.63, 3.8) is 0 Å². The van der Waals surface area contributed by atoms with Crippen LogP contribution in [0.3, 0.4) is 0 Å². The van der Waals surface area contributed by atoms with Crippen molar-refractivity contribution in [3.05, 3.63) is 64.6 Å². The minimum atomic E-state index is -0.571. The van der Waals surface area contributed by atoms with E-state index < -0.39 is 23.7 Å². The summed E-state index contributed by atoms with van der Waals surface area (Å²) in [5, 5.41) is 2.78. The summed E-state index contributed by atoms with van der Waals surface area (Å²) in [5.74, 6) is -1.93. The quantitative estimate of drug-likeness (QED) is 0.527. The van der Waals surface area contributed by atoms with Crippen LogP contribution in [0.1, 0.15) is 22.8 Å². The molecule has 0 unspecified atom stereocenters. The third-order valence-electron chi connectivity index (χ3n) is 4.74. The maximum absolute atomic E-state index is 13.2. The lowest BCUT2D eigenvalue weighted by Crippen LogP contribution is -2.35. The van der Waals surface area contributed by atoms with E-state index in [0.29, 0.717) is 22.5 Å². The first-order chi connectivity index (χ1) is 15.4. The summed E-state index contributed by atoms with van der Waals surface area (Å²) in [7, 11) is 0. The molecule has 4 rings (SSSR count). The molecule has 2 heterocycles. The van der Waals surface area contributed by atoms with Crippen molar-refractivity contribution in [1.29, 1.82) is 0 Å². The number of ether oxygens (including phenoxy) is 1. The number of carbonyl (C=O) groups is 4. The van der Waals surface area contributed by atoms with Gasteiger partial charge in [0.05, 0.1) is 28.3 Å². The summed E-state index contributed by atoms with van der Waals surface area (Å²) in [5.41, 5.74) is 7.72. The fourth-order valence-electron chi connectivity index (χ4n) is 3.38. The number of nitrogens with zero attached hydrogens (tertiary/aromatic N) is 2. The first-order valence-corrected chi connectivity index (χ1v) is 10.5. The SMILES string of the molecule is CCOC(=O)c1ccc(NC(=O)CN2C(=O)/C(=C3/SC(N)=NC3=O)c3ccccc32)cc1. The van der Waals surface area contributed by atoms with E-state index in [0.717, 1.165) is 11.8 Å². The van der Waals surface area contributed by atoms with E-state index in [2.05, 4.69) is 10.3 Å². The monoisotopic (exact) mass is 450 g/mol. The largest absolute Gasteiger partial charge is 0.462 e. The van der Waals surface area contributed by atoms with Crippen LogP contribution in [0.4, 0.5) is 11.4 Å². The minimum Gasteiger partial charge on any atom is -0.462 e. The van der Waals surface area contributed by atoms with Gasteiger partial charge in [-0.05, 0) is 49.0 Å². The number of amidine groups is 1. The van der Waals surface area contributed by atoms with Crippen LogP contribution < -0.4 is 16.0 Å².